The van der Waals surface area contributed by atoms with Gasteiger partial charge in [-0.1, -0.05) is 12.1 Å². The number of fused-ring (bicyclic) bond motifs is 1. The van der Waals surface area contributed by atoms with E-state index in [1.165, 1.54) is 12.1 Å². The average Bonchev–Trinajstić information content (AvgIpc) is 2.98. The summed E-state index contributed by atoms with van der Waals surface area (Å²) in [4.78, 5) is 6.41. The van der Waals surface area contributed by atoms with E-state index in [1.54, 1.807) is 19.2 Å². The van der Waals surface area contributed by atoms with Crippen molar-refractivity contribution in [2.75, 3.05) is 20.6 Å². The molecule has 26 heavy (non-hydrogen) atoms. The van der Waals surface area contributed by atoms with Gasteiger partial charge in [0.05, 0.1) is 0 Å². The van der Waals surface area contributed by atoms with Gasteiger partial charge in [0.2, 0.25) is 0 Å². The monoisotopic (exact) mass is 472 g/mol. The van der Waals surface area contributed by atoms with Gasteiger partial charge in [0.15, 0.2) is 5.96 Å². The summed E-state index contributed by atoms with van der Waals surface area (Å²) in [7, 11) is 3.77. The van der Waals surface area contributed by atoms with Gasteiger partial charge in [0, 0.05) is 40.2 Å². The van der Waals surface area contributed by atoms with Crippen molar-refractivity contribution >= 4 is 29.9 Å². The Kier molecular flexibility index (Phi) is 7.36. The summed E-state index contributed by atoms with van der Waals surface area (Å²) in [6.07, 6.45) is 2.07. The van der Waals surface area contributed by atoms with Crippen LogP contribution in [0.5, 0.6) is 0 Å². The quantitative estimate of drug-likeness (QED) is 0.423. The molecule has 0 amide bonds. The van der Waals surface area contributed by atoms with Crippen molar-refractivity contribution in [2.45, 2.75) is 32.9 Å². The zero-order valence-electron chi connectivity index (χ0n) is 15.4. The predicted molar refractivity (Wildman–Crippen MR) is 111 cm³/mol. The number of benzene rings is 1. The first-order valence-electron chi connectivity index (χ1n) is 8.61. The van der Waals surface area contributed by atoms with Gasteiger partial charge in [-0.15, -0.1) is 34.2 Å². The molecule has 1 aromatic heterocycles. The van der Waals surface area contributed by atoms with Crippen LogP contribution in [0.15, 0.2) is 29.3 Å². The predicted octanol–water partition coefficient (Wildman–Crippen LogP) is 2.61. The third kappa shape index (κ3) is 4.93. The maximum absolute atomic E-state index is 13.0. The van der Waals surface area contributed by atoms with E-state index >= 15 is 0 Å². The smallest absolute Gasteiger partial charge is 0.193 e. The molecule has 1 aromatic carbocycles. The molecule has 0 spiro atoms. The topological polar surface area (TPSA) is 58.3 Å². The van der Waals surface area contributed by atoms with Crippen LogP contribution < -0.4 is 5.32 Å². The maximum atomic E-state index is 13.0. The van der Waals surface area contributed by atoms with E-state index in [1.807, 2.05) is 18.9 Å². The number of nitrogens with zero attached hydrogens (tertiary/aromatic N) is 5. The van der Waals surface area contributed by atoms with E-state index in [9.17, 15) is 4.39 Å². The second kappa shape index (κ2) is 9.29. The molecule has 1 N–H and O–H groups in total. The number of aryl methyl sites for hydroxylation is 2. The highest BCUT2D eigenvalue weighted by molar-refractivity contribution is 14.0. The lowest BCUT2D eigenvalue weighted by atomic mass is 9.99. The SMILES string of the molecule is CN=C(NCC1CCc2nnc(C)n2C1)N(C)Cc1ccc(F)cc1.I. The average molecular weight is 472 g/mol. The fourth-order valence-corrected chi connectivity index (χ4v) is 3.26. The van der Waals surface area contributed by atoms with Gasteiger partial charge in [-0.25, -0.2) is 4.39 Å². The van der Waals surface area contributed by atoms with Crippen LogP contribution in [0.25, 0.3) is 0 Å². The van der Waals surface area contributed by atoms with Crippen LogP contribution in [0.2, 0.25) is 0 Å². The minimum atomic E-state index is -0.213. The number of aliphatic imine (C=N–C) groups is 1. The van der Waals surface area contributed by atoms with E-state index in [0.29, 0.717) is 12.5 Å². The Morgan fingerprint density at radius 1 is 1.35 bits per heavy atom. The van der Waals surface area contributed by atoms with Gasteiger partial charge >= 0.3 is 0 Å². The lowest BCUT2D eigenvalue weighted by Gasteiger charge is -2.27. The zero-order chi connectivity index (χ0) is 17.8. The molecule has 0 bridgehead atoms. The number of aromatic nitrogens is 3. The van der Waals surface area contributed by atoms with Crippen molar-refractivity contribution in [1.29, 1.82) is 0 Å². The molecule has 6 nitrogen and oxygen atoms in total. The van der Waals surface area contributed by atoms with Gasteiger partial charge in [0.1, 0.15) is 17.5 Å². The van der Waals surface area contributed by atoms with Crippen LogP contribution in [-0.4, -0.2) is 46.3 Å². The molecule has 8 heteroatoms. The van der Waals surface area contributed by atoms with E-state index in [0.717, 1.165) is 49.1 Å². The van der Waals surface area contributed by atoms with Gasteiger partial charge in [-0.05, 0) is 37.0 Å². The van der Waals surface area contributed by atoms with Crippen LogP contribution in [0.3, 0.4) is 0 Å². The molecule has 0 fully saturated rings. The second-order valence-corrected chi connectivity index (χ2v) is 6.59. The van der Waals surface area contributed by atoms with E-state index < -0.39 is 0 Å². The number of nitrogens with one attached hydrogen (secondary N) is 1. The molecule has 0 saturated carbocycles. The Bertz CT molecular complexity index is 743. The van der Waals surface area contributed by atoms with Crippen molar-refractivity contribution in [3.63, 3.8) is 0 Å². The standard InChI is InChI=1S/C18H25FN6.HI/c1-13-22-23-17-9-6-15(12-25(13)17)10-21-18(20-2)24(3)11-14-4-7-16(19)8-5-14;/h4-5,7-8,15H,6,9-12H2,1-3H3,(H,20,21);1H. The Morgan fingerprint density at radius 3 is 2.77 bits per heavy atom. The first kappa shape index (κ1) is 20.6. The summed E-state index contributed by atoms with van der Waals surface area (Å²) in [5, 5.41) is 11.8. The molecular formula is C18H26FIN6. The number of halogens is 2. The Morgan fingerprint density at radius 2 is 2.08 bits per heavy atom. The van der Waals surface area contributed by atoms with Gasteiger partial charge in [0.25, 0.3) is 0 Å². The number of hydrogen-bond donors (Lipinski definition) is 1. The summed E-state index contributed by atoms with van der Waals surface area (Å²) in [5.74, 6) is 3.23. The Labute approximate surface area is 170 Å². The van der Waals surface area contributed by atoms with Gasteiger partial charge in [-0.3, -0.25) is 4.99 Å². The van der Waals surface area contributed by atoms with Crippen LogP contribution >= 0.6 is 24.0 Å². The minimum Gasteiger partial charge on any atom is -0.356 e. The molecule has 0 radical (unpaired) electrons. The molecule has 1 unspecified atom stereocenters. The summed E-state index contributed by atoms with van der Waals surface area (Å²) in [6, 6.07) is 6.58. The van der Waals surface area contributed by atoms with Crippen LogP contribution in [0.1, 0.15) is 23.6 Å². The van der Waals surface area contributed by atoms with Gasteiger partial charge < -0.3 is 14.8 Å². The third-order valence-electron chi connectivity index (χ3n) is 4.68. The fourth-order valence-electron chi connectivity index (χ4n) is 3.26. The highest BCUT2D eigenvalue weighted by atomic mass is 127. The molecule has 142 valence electrons. The number of hydrogen-bond acceptors (Lipinski definition) is 3. The highest BCUT2D eigenvalue weighted by Gasteiger charge is 2.22. The summed E-state index contributed by atoms with van der Waals surface area (Å²) < 4.78 is 15.2. The van der Waals surface area contributed by atoms with Gasteiger partial charge in [-0.2, -0.15) is 0 Å². The summed E-state index contributed by atoms with van der Waals surface area (Å²) >= 11 is 0. The second-order valence-electron chi connectivity index (χ2n) is 6.59. The Hall–Kier alpha value is -1.71. The molecule has 0 saturated heterocycles. The fraction of sp³-hybridized carbons (Fsp3) is 0.500. The lowest BCUT2D eigenvalue weighted by Crippen LogP contribution is -2.42. The lowest BCUT2D eigenvalue weighted by molar-refractivity contribution is 0.352. The minimum absolute atomic E-state index is 0. The molecule has 1 aliphatic heterocycles. The van der Waals surface area contributed by atoms with E-state index in [2.05, 4.69) is 25.1 Å². The molecule has 3 rings (SSSR count). The van der Waals surface area contributed by atoms with Crippen LogP contribution in [0, 0.1) is 18.7 Å². The molecular weight excluding hydrogens is 446 g/mol. The first-order chi connectivity index (χ1) is 12.1. The van der Waals surface area contributed by atoms with Crippen molar-refractivity contribution in [1.82, 2.24) is 25.0 Å². The summed E-state index contributed by atoms with van der Waals surface area (Å²) in [5.41, 5.74) is 1.05. The first-order valence-corrected chi connectivity index (χ1v) is 8.61. The number of rotatable bonds is 4. The Balaban J connectivity index is 0.00000243. The largest absolute Gasteiger partial charge is 0.356 e. The van der Waals surface area contributed by atoms with E-state index in [-0.39, 0.29) is 29.8 Å². The molecule has 1 aliphatic rings. The molecule has 1 atom stereocenters. The van der Waals surface area contributed by atoms with Crippen molar-refractivity contribution < 1.29 is 4.39 Å². The molecule has 2 aromatic rings. The van der Waals surface area contributed by atoms with E-state index in [4.69, 9.17) is 0 Å². The summed E-state index contributed by atoms with van der Waals surface area (Å²) in [6.45, 7) is 4.48. The zero-order valence-corrected chi connectivity index (χ0v) is 17.8. The maximum Gasteiger partial charge on any atom is 0.193 e. The van der Waals surface area contributed by atoms with Crippen LogP contribution in [0.4, 0.5) is 4.39 Å². The number of guanidine groups is 1. The van der Waals surface area contributed by atoms with Crippen molar-refractivity contribution in [2.24, 2.45) is 10.9 Å². The molecule has 0 aliphatic carbocycles. The van der Waals surface area contributed by atoms with Crippen LogP contribution in [-0.2, 0) is 19.5 Å². The van der Waals surface area contributed by atoms with Crippen molar-refractivity contribution in [3.05, 3.63) is 47.3 Å². The third-order valence-corrected chi connectivity index (χ3v) is 4.68. The molecule has 2 heterocycles. The normalized spacial score (nSPS) is 16.6. The highest BCUT2D eigenvalue weighted by Crippen LogP contribution is 2.19. The van der Waals surface area contributed by atoms with Crippen molar-refractivity contribution in [3.8, 4) is 0 Å².